The highest BCUT2D eigenvalue weighted by molar-refractivity contribution is 5.77. The Morgan fingerprint density at radius 2 is 1.86 bits per heavy atom. The molecule has 0 fully saturated rings. The lowest BCUT2D eigenvalue weighted by atomic mass is 9.95. The average Bonchev–Trinajstić information content (AvgIpc) is 3.09. The fourth-order valence-electron chi connectivity index (χ4n) is 3.25. The fourth-order valence-corrected chi connectivity index (χ4v) is 3.25. The molecule has 0 saturated heterocycles. The van der Waals surface area contributed by atoms with E-state index >= 15 is 0 Å². The summed E-state index contributed by atoms with van der Waals surface area (Å²) in [6.45, 7) is 5.67. The number of carbonyl (C=O) groups is 1. The first-order valence-corrected chi connectivity index (χ1v) is 9.43. The van der Waals surface area contributed by atoms with Crippen molar-refractivity contribution in [2.24, 2.45) is 5.92 Å². The van der Waals surface area contributed by atoms with Crippen molar-refractivity contribution < 1.29 is 18.0 Å². The second-order valence-corrected chi connectivity index (χ2v) is 7.50. The fraction of sp³-hybridized carbons (Fsp3) is 0.381. The van der Waals surface area contributed by atoms with E-state index in [4.69, 9.17) is 0 Å². The Morgan fingerprint density at radius 1 is 1.10 bits per heavy atom. The minimum Gasteiger partial charge on any atom is -0.346 e. The lowest BCUT2D eigenvalue weighted by Crippen LogP contribution is -2.33. The summed E-state index contributed by atoms with van der Waals surface area (Å²) in [6, 6.07) is 10.3. The zero-order valence-electron chi connectivity index (χ0n) is 16.4. The number of halogens is 3. The van der Waals surface area contributed by atoms with E-state index in [0.29, 0.717) is 17.0 Å². The molecule has 154 valence electrons. The highest BCUT2D eigenvalue weighted by Gasteiger charge is 2.31. The molecule has 0 spiro atoms. The van der Waals surface area contributed by atoms with Crippen LogP contribution < -0.4 is 5.32 Å². The van der Waals surface area contributed by atoms with Crippen molar-refractivity contribution in [1.29, 1.82) is 0 Å². The molecule has 0 bridgehead atoms. The maximum absolute atomic E-state index is 12.9. The van der Waals surface area contributed by atoms with Gasteiger partial charge in [0.2, 0.25) is 5.91 Å². The molecule has 5 nitrogen and oxygen atoms in total. The highest BCUT2D eigenvalue weighted by Crippen LogP contribution is 2.32. The van der Waals surface area contributed by atoms with E-state index in [9.17, 15) is 18.0 Å². The molecule has 8 heteroatoms. The van der Waals surface area contributed by atoms with Gasteiger partial charge < -0.3 is 5.32 Å². The summed E-state index contributed by atoms with van der Waals surface area (Å²) in [5.74, 6) is 0.0626. The standard InChI is InChI=1S/C21H23F3N4O/c1-13(2)19(20-27-26-17-9-4-5-10-28(17)20)25-18(29)11-14(3)15-7-6-8-16(12-15)21(22,23)24/h4-10,12-14,19H,11H2,1-3H3,(H,25,29)/t14-,19-/m1/s1. The van der Waals surface area contributed by atoms with Crippen LogP contribution in [-0.4, -0.2) is 20.5 Å². The number of nitrogens with one attached hydrogen (secondary N) is 1. The van der Waals surface area contributed by atoms with E-state index in [1.165, 1.54) is 6.07 Å². The first-order chi connectivity index (χ1) is 13.7. The number of rotatable bonds is 6. The zero-order valence-corrected chi connectivity index (χ0v) is 16.4. The third kappa shape index (κ3) is 4.75. The van der Waals surface area contributed by atoms with Crippen LogP contribution >= 0.6 is 0 Å². The first kappa shape index (κ1) is 20.8. The Labute approximate surface area is 167 Å². The van der Waals surface area contributed by atoms with E-state index in [1.807, 2.05) is 42.6 Å². The van der Waals surface area contributed by atoms with Gasteiger partial charge in [0.05, 0.1) is 11.6 Å². The van der Waals surface area contributed by atoms with Crippen molar-refractivity contribution in [2.75, 3.05) is 0 Å². The number of benzene rings is 1. The van der Waals surface area contributed by atoms with Crippen molar-refractivity contribution in [2.45, 2.75) is 45.3 Å². The van der Waals surface area contributed by atoms with Crippen LogP contribution in [0.5, 0.6) is 0 Å². The number of amides is 1. The van der Waals surface area contributed by atoms with Crippen LogP contribution in [-0.2, 0) is 11.0 Å². The van der Waals surface area contributed by atoms with Crippen molar-refractivity contribution in [1.82, 2.24) is 19.9 Å². The van der Waals surface area contributed by atoms with Crippen LogP contribution in [0.25, 0.3) is 5.65 Å². The molecule has 2 heterocycles. The minimum absolute atomic E-state index is 0.0513. The molecule has 3 aromatic rings. The third-order valence-electron chi connectivity index (χ3n) is 4.88. The molecule has 0 aliphatic heterocycles. The highest BCUT2D eigenvalue weighted by atomic mass is 19.4. The van der Waals surface area contributed by atoms with E-state index in [0.717, 1.165) is 12.1 Å². The van der Waals surface area contributed by atoms with Gasteiger partial charge in [-0.15, -0.1) is 10.2 Å². The molecular formula is C21H23F3N4O. The van der Waals surface area contributed by atoms with Gasteiger partial charge in [-0.3, -0.25) is 9.20 Å². The largest absolute Gasteiger partial charge is 0.416 e. The molecule has 0 unspecified atom stereocenters. The van der Waals surface area contributed by atoms with E-state index in [-0.39, 0.29) is 30.2 Å². The first-order valence-electron chi connectivity index (χ1n) is 9.43. The molecule has 0 aliphatic carbocycles. The van der Waals surface area contributed by atoms with Crippen molar-refractivity contribution in [3.05, 3.63) is 65.6 Å². The molecule has 2 atom stereocenters. The van der Waals surface area contributed by atoms with Gasteiger partial charge >= 0.3 is 6.18 Å². The molecule has 29 heavy (non-hydrogen) atoms. The molecule has 2 aromatic heterocycles. The molecule has 1 aromatic carbocycles. The van der Waals surface area contributed by atoms with Crippen LogP contribution in [0.3, 0.4) is 0 Å². The van der Waals surface area contributed by atoms with E-state index in [1.54, 1.807) is 13.0 Å². The normalized spacial score (nSPS) is 14.2. The van der Waals surface area contributed by atoms with Crippen molar-refractivity contribution in [3.8, 4) is 0 Å². The number of fused-ring (bicyclic) bond motifs is 1. The molecule has 0 aliphatic rings. The second-order valence-electron chi connectivity index (χ2n) is 7.50. The SMILES string of the molecule is CC(C)[C@@H](NC(=O)C[C@@H](C)c1cccc(C(F)(F)F)c1)c1nnc2ccccn12. The van der Waals surface area contributed by atoms with Gasteiger partial charge in [-0.2, -0.15) is 13.2 Å². The number of nitrogens with zero attached hydrogens (tertiary/aromatic N) is 3. The number of alkyl halides is 3. The number of carbonyl (C=O) groups excluding carboxylic acids is 1. The number of pyridine rings is 1. The average molecular weight is 404 g/mol. The predicted octanol–water partition coefficient (Wildman–Crippen LogP) is 4.76. The smallest absolute Gasteiger partial charge is 0.346 e. The van der Waals surface area contributed by atoms with Gasteiger partial charge in [0.1, 0.15) is 0 Å². The summed E-state index contributed by atoms with van der Waals surface area (Å²) in [5, 5.41) is 11.3. The number of aromatic nitrogens is 3. The maximum atomic E-state index is 12.9. The Morgan fingerprint density at radius 3 is 2.55 bits per heavy atom. The minimum atomic E-state index is -4.41. The summed E-state index contributed by atoms with van der Waals surface area (Å²) < 4.78 is 40.7. The Kier molecular flexibility index (Phi) is 5.91. The van der Waals surface area contributed by atoms with Crippen molar-refractivity contribution >= 4 is 11.6 Å². The van der Waals surface area contributed by atoms with Crippen LogP contribution in [0.4, 0.5) is 13.2 Å². The number of hydrogen-bond acceptors (Lipinski definition) is 3. The van der Waals surface area contributed by atoms with Crippen LogP contribution in [0, 0.1) is 5.92 Å². The Hall–Kier alpha value is -2.90. The van der Waals surface area contributed by atoms with Crippen LogP contribution in [0.2, 0.25) is 0 Å². The van der Waals surface area contributed by atoms with Gasteiger partial charge in [0, 0.05) is 12.6 Å². The van der Waals surface area contributed by atoms with Gasteiger partial charge in [-0.05, 0) is 35.6 Å². The molecule has 3 rings (SSSR count). The van der Waals surface area contributed by atoms with Crippen molar-refractivity contribution in [3.63, 3.8) is 0 Å². The molecule has 1 amide bonds. The van der Waals surface area contributed by atoms with Crippen LogP contribution in [0.15, 0.2) is 48.7 Å². The van der Waals surface area contributed by atoms with Gasteiger partial charge in [0.15, 0.2) is 11.5 Å². The summed E-state index contributed by atoms with van der Waals surface area (Å²) in [6.07, 6.45) is -2.51. The topological polar surface area (TPSA) is 59.3 Å². The van der Waals surface area contributed by atoms with E-state index < -0.39 is 11.7 Å². The monoisotopic (exact) mass is 404 g/mol. The van der Waals surface area contributed by atoms with Gasteiger partial charge in [0.25, 0.3) is 0 Å². The summed E-state index contributed by atoms with van der Waals surface area (Å²) in [5.41, 5.74) is 0.445. The Bertz CT molecular complexity index is 997. The quantitative estimate of drug-likeness (QED) is 0.645. The summed E-state index contributed by atoms with van der Waals surface area (Å²) >= 11 is 0. The second kappa shape index (κ2) is 8.23. The Balaban J connectivity index is 1.74. The summed E-state index contributed by atoms with van der Waals surface area (Å²) in [7, 11) is 0. The van der Waals surface area contributed by atoms with Crippen LogP contribution in [0.1, 0.15) is 56.1 Å². The maximum Gasteiger partial charge on any atom is 0.416 e. The van der Waals surface area contributed by atoms with Gasteiger partial charge in [-0.25, -0.2) is 0 Å². The molecule has 0 radical (unpaired) electrons. The zero-order chi connectivity index (χ0) is 21.2. The molecule has 0 saturated carbocycles. The number of hydrogen-bond donors (Lipinski definition) is 1. The lowest BCUT2D eigenvalue weighted by molar-refractivity contribution is -0.137. The van der Waals surface area contributed by atoms with E-state index in [2.05, 4.69) is 15.5 Å². The molecule has 1 N–H and O–H groups in total. The summed E-state index contributed by atoms with van der Waals surface area (Å²) in [4.78, 5) is 12.7. The molecular weight excluding hydrogens is 381 g/mol. The lowest BCUT2D eigenvalue weighted by Gasteiger charge is -2.22. The third-order valence-corrected chi connectivity index (χ3v) is 4.88. The predicted molar refractivity (Wildman–Crippen MR) is 103 cm³/mol. The van der Waals surface area contributed by atoms with Gasteiger partial charge in [-0.1, -0.05) is 45.0 Å².